The standard InChI is InChI=1S/C17H26O7/c1-8-9(18)11-12(23-14(20)16(2,3)4)10(19)13(22-11)24-15(21)17(5,6)7/h1,9-13,18-19H,2-7H3/t9-,10+,11-,12+,13-/m1/s1. The van der Waals surface area contributed by atoms with Crippen LogP contribution in [0.1, 0.15) is 41.5 Å². The van der Waals surface area contributed by atoms with Crippen molar-refractivity contribution in [3.63, 3.8) is 0 Å². The van der Waals surface area contributed by atoms with Gasteiger partial charge >= 0.3 is 11.9 Å². The topological polar surface area (TPSA) is 102 Å². The highest BCUT2D eigenvalue weighted by Gasteiger charge is 2.52. The monoisotopic (exact) mass is 342 g/mol. The number of ether oxygens (including phenoxy) is 3. The summed E-state index contributed by atoms with van der Waals surface area (Å²) in [5.41, 5.74) is -1.64. The molecule has 0 aliphatic carbocycles. The number of carbonyl (C=O) groups is 2. The van der Waals surface area contributed by atoms with Crippen LogP contribution in [0, 0.1) is 23.2 Å². The molecule has 0 spiro atoms. The fraction of sp³-hybridized carbons (Fsp3) is 0.765. The van der Waals surface area contributed by atoms with Crippen molar-refractivity contribution in [3.05, 3.63) is 0 Å². The summed E-state index contributed by atoms with van der Waals surface area (Å²) in [4.78, 5) is 24.1. The third-order valence-electron chi connectivity index (χ3n) is 3.40. The van der Waals surface area contributed by atoms with Gasteiger partial charge in [-0.3, -0.25) is 9.59 Å². The lowest BCUT2D eigenvalue weighted by molar-refractivity contribution is -0.199. The van der Waals surface area contributed by atoms with Crippen molar-refractivity contribution in [1.29, 1.82) is 0 Å². The van der Waals surface area contributed by atoms with Gasteiger partial charge in [-0.15, -0.1) is 6.42 Å². The quantitative estimate of drug-likeness (QED) is 0.572. The zero-order valence-electron chi connectivity index (χ0n) is 14.9. The SMILES string of the molecule is C#C[C@@H](O)[C@H]1O[C@H](OC(=O)C(C)(C)C)[C@@H](O)[C@@H]1OC(=O)C(C)(C)C. The molecule has 0 aromatic rings. The number of esters is 2. The first-order valence-electron chi connectivity index (χ1n) is 7.69. The van der Waals surface area contributed by atoms with Gasteiger partial charge in [0.05, 0.1) is 10.8 Å². The maximum atomic E-state index is 12.1. The fourth-order valence-corrected chi connectivity index (χ4v) is 1.83. The molecule has 1 aliphatic rings. The smallest absolute Gasteiger partial charge is 0.313 e. The number of rotatable bonds is 3. The largest absolute Gasteiger partial charge is 0.456 e. The van der Waals surface area contributed by atoms with E-state index in [0.29, 0.717) is 0 Å². The van der Waals surface area contributed by atoms with Crippen LogP contribution in [0.4, 0.5) is 0 Å². The molecule has 1 saturated heterocycles. The molecule has 5 atom stereocenters. The van der Waals surface area contributed by atoms with E-state index in [9.17, 15) is 19.8 Å². The molecule has 0 amide bonds. The van der Waals surface area contributed by atoms with E-state index in [2.05, 4.69) is 5.92 Å². The second-order valence-electron chi connectivity index (χ2n) is 7.85. The van der Waals surface area contributed by atoms with Crippen molar-refractivity contribution in [2.75, 3.05) is 0 Å². The summed E-state index contributed by atoms with van der Waals surface area (Å²) >= 11 is 0. The fourth-order valence-electron chi connectivity index (χ4n) is 1.83. The molecule has 0 aromatic heterocycles. The van der Waals surface area contributed by atoms with Crippen LogP contribution in [0.5, 0.6) is 0 Å². The minimum absolute atomic E-state index is 0.604. The van der Waals surface area contributed by atoms with Crippen LogP contribution in [-0.2, 0) is 23.8 Å². The Kier molecular flexibility index (Phi) is 6.04. The number of hydrogen-bond donors (Lipinski definition) is 2. The Balaban J connectivity index is 2.97. The molecule has 24 heavy (non-hydrogen) atoms. The van der Waals surface area contributed by atoms with Gasteiger partial charge in [-0.25, -0.2) is 0 Å². The van der Waals surface area contributed by atoms with Crippen molar-refractivity contribution in [2.45, 2.75) is 72.2 Å². The summed E-state index contributed by atoms with van der Waals surface area (Å²) in [5.74, 6) is 0.849. The van der Waals surface area contributed by atoms with Gasteiger partial charge in [0.25, 0.3) is 0 Å². The number of terminal acetylenes is 1. The van der Waals surface area contributed by atoms with E-state index in [1.807, 2.05) is 0 Å². The highest BCUT2D eigenvalue weighted by atomic mass is 16.7. The predicted octanol–water partition coefficient (Wildman–Crippen LogP) is 0.613. The summed E-state index contributed by atoms with van der Waals surface area (Å²) in [6.45, 7) is 9.84. The molecule has 0 radical (unpaired) electrons. The Hall–Kier alpha value is -1.62. The average molecular weight is 342 g/mol. The third kappa shape index (κ3) is 4.69. The second kappa shape index (κ2) is 7.09. The Morgan fingerprint density at radius 3 is 1.96 bits per heavy atom. The average Bonchev–Trinajstić information content (AvgIpc) is 2.73. The molecule has 0 saturated carbocycles. The summed E-state index contributed by atoms with van der Waals surface area (Å²) in [5, 5.41) is 20.2. The molecule has 0 bridgehead atoms. The molecule has 1 rings (SSSR count). The first-order chi connectivity index (χ1) is 10.8. The Labute approximate surface area is 142 Å². The minimum atomic E-state index is -1.46. The van der Waals surface area contributed by atoms with Crippen molar-refractivity contribution < 1.29 is 34.0 Å². The molecule has 0 unspecified atom stereocenters. The van der Waals surface area contributed by atoms with Gasteiger partial charge < -0.3 is 24.4 Å². The predicted molar refractivity (Wildman–Crippen MR) is 84.4 cm³/mol. The molecule has 2 N–H and O–H groups in total. The number of aliphatic hydroxyl groups excluding tert-OH is 2. The lowest BCUT2D eigenvalue weighted by Gasteiger charge is -2.25. The highest BCUT2D eigenvalue weighted by Crippen LogP contribution is 2.31. The van der Waals surface area contributed by atoms with Crippen LogP contribution >= 0.6 is 0 Å². The van der Waals surface area contributed by atoms with Crippen LogP contribution < -0.4 is 0 Å². The van der Waals surface area contributed by atoms with Gasteiger partial charge in [0, 0.05) is 0 Å². The van der Waals surface area contributed by atoms with E-state index < -0.39 is 53.5 Å². The van der Waals surface area contributed by atoms with E-state index in [1.165, 1.54) is 0 Å². The van der Waals surface area contributed by atoms with Gasteiger partial charge in [-0.2, -0.15) is 0 Å². The van der Waals surface area contributed by atoms with Crippen molar-refractivity contribution in [3.8, 4) is 12.3 Å². The van der Waals surface area contributed by atoms with Crippen LogP contribution in [0.25, 0.3) is 0 Å². The molecule has 0 aromatic carbocycles. The lowest BCUT2D eigenvalue weighted by atomic mass is 9.96. The summed E-state index contributed by atoms with van der Waals surface area (Å²) in [7, 11) is 0. The Bertz CT molecular complexity index is 521. The van der Waals surface area contributed by atoms with Gasteiger partial charge in [0.15, 0.2) is 12.2 Å². The minimum Gasteiger partial charge on any atom is -0.456 e. The van der Waals surface area contributed by atoms with E-state index >= 15 is 0 Å². The van der Waals surface area contributed by atoms with Gasteiger partial charge in [-0.1, -0.05) is 5.92 Å². The number of aliphatic hydroxyl groups is 2. The summed E-state index contributed by atoms with van der Waals surface area (Å²) in [6, 6.07) is 0. The maximum absolute atomic E-state index is 12.1. The van der Waals surface area contributed by atoms with E-state index in [0.717, 1.165) is 0 Å². The maximum Gasteiger partial charge on any atom is 0.313 e. The molecule has 1 aliphatic heterocycles. The Morgan fingerprint density at radius 1 is 1.08 bits per heavy atom. The number of carbonyl (C=O) groups excluding carboxylic acids is 2. The summed E-state index contributed by atoms with van der Waals surface area (Å²) < 4.78 is 15.7. The van der Waals surface area contributed by atoms with Crippen molar-refractivity contribution in [2.24, 2.45) is 10.8 Å². The number of hydrogen-bond acceptors (Lipinski definition) is 7. The third-order valence-corrected chi connectivity index (χ3v) is 3.40. The normalized spacial score (nSPS) is 28.8. The van der Waals surface area contributed by atoms with E-state index in [4.69, 9.17) is 20.6 Å². The lowest BCUT2D eigenvalue weighted by Crippen LogP contribution is -2.44. The second-order valence-corrected chi connectivity index (χ2v) is 7.85. The summed E-state index contributed by atoms with van der Waals surface area (Å²) in [6.07, 6.45) is -1.55. The van der Waals surface area contributed by atoms with Gasteiger partial charge in [0.2, 0.25) is 6.29 Å². The van der Waals surface area contributed by atoms with Gasteiger partial charge in [-0.05, 0) is 41.5 Å². The van der Waals surface area contributed by atoms with Crippen molar-refractivity contribution in [1.82, 2.24) is 0 Å². The first kappa shape index (κ1) is 20.4. The van der Waals surface area contributed by atoms with Crippen LogP contribution in [-0.4, -0.2) is 52.9 Å². The molecule has 7 nitrogen and oxygen atoms in total. The van der Waals surface area contributed by atoms with Crippen molar-refractivity contribution >= 4 is 11.9 Å². The van der Waals surface area contributed by atoms with Crippen LogP contribution in [0.15, 0.2) is 0 Å². The molecular weight excluding hydrogens is 316 g/mol. The zero-order valence-corrected chi connectivity index (χ0v) is 14.9. The molecule has 7 heteroatoms. The molecule has 1 fully saturated rings. The Morgan fingerprint density at radius 2 is 1.54 bits per heavy atom. The van der Waals surface area contributed by atoms with Crippen LogP contribution in [0.2, 0.25) is 0 Å². The molecule has 1 heterocycles. The van der Waals surface area contributed by atoms with E-state index in [1.54, 1.807) is 41.5 Å². The molecular formula is C17H26O7. The van der Waals surface area contributed by atoms with E-state index in [-0.39, 0.29) is 0 Å². The van der Waals surface area contributed by atoms with Gasteiger partial charge in [0.1, 0.15) is 12.2 Å². The highest BCUT2D eigenvalue weighted by molar-refractivity contribution is 5.76. The first-order valence-corrected chi connectivity index (χ1v) is 7.69. The van der Waals surface area contributed by atoms with Crippen LogP contribution in [0.3, 0.4) is 0 Å². The molecule has 136 valence electrons. The zero-order chi connectivity index (χ0) is 18.9.